The number of hydrogen-bond acceptors (Lipinski definition) is 8. The zero-order chi connectivity index (χ0) is 19.9. The molecule has 28 heavy (non-hydrogen) atoms. The number of aryl methyl sites for hydroxylation is 1. The van der Waals surface area contributed by atoms with Crippen molar-refractivity contribution in [2.75, 3.05) is 6.61 Å². The van der Waals surface area contributed by atoms with E-state index < -0.39 is 52.9 Å². The SMILES string of the molecule is Cc1ccc(S(=O)(=O)OC[C@H]2OC(=O)[C@@H](O)[C@@H]3OC4(CCCCC4)O[C@@H]32)cc1. The molecule has 4 atom stereocenters. The van der Waals surface area contributed by atoms with Gasteiger partial charge in [-0.25, -0.2) is 4.79 Å². The Hall–Kier alpha value is -1.52. The second kappa shape index (κ2) is 7.38. The van der Waals surface area contributed by atoms with Crippen molar-refractivity contribution in [1.82, 2.24) is 0 Å². The molecule has 0 aromatic heterocycles. The molecule has 2 aliphatic heterocycles. The predicted molar refractivity (Wildman–Crippen MR) is 95.8 cm³/mol. The second-order valence-corrected chi connectivity index (χ2v) is 9.22. The number of rotatable bonds is 4. The topological polar surface area (TPSA) is 108 Å². The molecule has 1 N–H and O–H groups in total. The second-order valence-electron chi connectivity index (χ2n) is 7.61. The van der Waals surface area contributed by atoms with E-state index in [4.69, 9.17) is 18.4 Å². The van der Waals surface area contributed by atoms with Crippen LogP contribution in [0, 0.1) is 6.92 Å². The van der Waals surface area contributed by atoms with Crippen molar-refractivity contribution in [2.24, 2.45) is 0 Å². The van der Waals surface area contributed by atoms with Gasteiger partial charge < -0.3 is 19.3 Å². The molecule has 3 aliphatic rings. The lowest BCUT2D eigenvalue weighted by Crippen LogP contribution is -2.55. The smallest absolute Gasteiger partial charge is 0.338 e. The Balaban J connectivity index is 1.49. The maximum absolute atomic E-state index is 12.4. The maximum atomic E-state index is 12.4. The van der Waals surface area contributed by atoms with Crippen LogP contribution in [0.25, 0.3) is 0 Å². The van der Waals surface area contributed by atoms with Gasteiger partial charge in [-0.05, 0) is 31.9 Å². The number of carbonyl (C=O) groups is 1. The summed E-state index contributed by atoms with van der Waals surface area (Å²) >= 11 is 0. The van der Waals surface area contributed by atoms with E-state index in [0.29, 0.717) is 12.8 Å². The van der Waals surface area contributed by atoms with Crippen molar-refractivity contribution in [3.8, 4) is 0 Å². The molecule has 8 nitrogen and oxygen atoms in total. The summed E-state index contributed by atoms with van der Waals surface area (Å²) in [6.45, 7) is 1.44. The van der Waals surface area contributed by atoms with Gasteiger partial charge in [0.05, 0.1) is 4.90 Å². The zero-order valence-corrected chi connectivity index (χ0v) is 16.4. The lowest BCUT2D eigenvalue weighted by molar-refractivity contribution is -0.200. The van der Waals surface area contributed by atoms with Gasteiger partial charge in [0.2, 0.25) is 0 Å². The number of ether oxygens (including phenoxy) is 3. The highest BCUT2D eigenvalue weighted by atomic mass is 32.2. The molecule has 1 spiro atoms. The number of benzene rings is 1. The largest absolute Gasteiger partial charge is 0.455 e. The number of hydrogen-bond donors (Lipinski definition) is 1. The van der Waals surface area contributed by atoms with Crippen molar-refractivity contribution in [2.45, 2.75) is 74.1 Å². The van der Waals surface area contributed by atoms with Crippen LogP contribution < -0.4 is 0 Å². The molecule has 9 heteroatoms. The Kier molecular flexibility index (Phi) is 5.22. The summed E-state index contributed by atoms with van der Waals surface area (Å²) in [4.78, 5) is 12.1. The Labute approximate surface area is 163 Å². The van der Waals surface area contributed by atoms with Gasteiger partial charge in [-0.15, -0.1) is 0 Å². The van der Waals surface area contributed by atoms with Crippen molar-refractivity contribution in [1.29, 1.82) is 0 Å². The number of aliphatic hydroxyl groups excluding tert-OH is 1. The maximum Gasteiger partial charge on any atom is 0.338 e. The average molecular weight is 412 g/mol. The van der Waals surface area contributed by atoms with Gasteiger partial charge in [0.1, 0.15) is 18.8 Å². The van der Waals surface area contributed by atoms with Crippen LogP contribution in [-0.2, 0) is 33.3 Å². The molecule has 4 rings (SSSR count). The van der Waals surface area contributed by atoms with Crippen molar-refractivity contribution >= 4 is 16.1 Å². The van der Waals surface area contributed by atoms with E-state index in [1.807, 2.05) is 6.92 Å². The number of carbonyl (C=O) groups excluding carboxylic acids is 1. The van der Waals surface area contributed by atoms with Crippen LogP contribution >= 0.6 is 0 Å². The molecule has 2 saturated heterocycles. The minimum atomic E-state index is -4.02. The molecule has 2 heterocycles. The Morgan fingerprint density at radius 2 is 1.75 bits per heavy atom. The fourth-order valence-corrected chi connectivity index (χ4v) is 4.91. The summed E-state index contributed by atoms with van der Waals surface area (Å²) in [5, 5.41) is 10.2. The standard InChI is InChI=1S/C19H24O8S/c1-12-5-7-13(8-6-12)28(22,23)24-11-14-16-17(15(20)18(21)25-14)27-19(26-16)9-3-2-4-10-19/h5-8,14-17,20H,2-4,9-11H2,1H3/t14-,15+,16-,17+/m1/s1. The highest BCUT2D eigenvalue weighted by Crippen LogP contribution is 2.44. The van der Waals surface area contributed by atoms with E-state index in [0.717, 1.165) is 24.8 Å². The lowest BCUT2D eigenvalue weighted by Gasteiger charge is -2.33. The molecule has 3 fully saturated rings. The summed E-state index contributed by atoms with van der Waals surface area (Å²) in [5.41, 5.74) is 0.922. The third kappa shape index (κ3) is 3.69. The summed E-state index contributed by atoms with van der Waals surface area (Å²) in [5.74, 6) is -1.71. The first kappa shape index (κ1) is 19.8. The Bertz CT molecular complexity index is 828. The molecule has 154 valence electrons. The number of esters is 1. The monoisotopic (exact) mass is 412 g/mol. The normalized spacial score (nSPS) is 32.1. The van der Waals surface area contributed by atoms with Crippen LogP contribution in [0.2, 0.25) is 0 Å². The fraction of sp³-hybridized carbons (Fsp3) is 0.632. The third-order valence-corrected chi connectivity index (χ3v) is 6.82. The van der Waals surface area contributed by atoms with Gasteiger partial charge in [0.25, 0.3) is 10.1 Å². The number of aliphatic hydroxyl groups is 1. The van der Waals surface area contributed by atoms with Gasteiger partial charge >= 0.3 is 5.97 Å². The molecule has 0 amide bonds. The van der Waals surface area contributed by atoms with E-state index in [1.165, 1.54) is 12.1 Å². The minimum Gasteiger partial charge on any atom is -0.455 e. The van der Waals surface area contributed by atoms with Gasteiger partial charge in [-0.2, -0.15) is 8.42 Å². The summed E-state index contributed by atoms with van der Waals surface area (Å²) in [6, 6.07) is 6.25. The van der Waals surface area contributed by atoms with Crippen molar-refractivity contribution < 1.29 is 36.7 Å². The molecular formula is C19H24O8S. The highest BCUT2D eigenvalue weighted by Gasteiger charge is 2.58. The molecule has 1 aromatic rings. The first-order valence-electron chi connectivity index (χ1n) is 9.50. The molecule has 1 aromatic carbocycles. The molecule has 1 aliphatic carbocycles. The Morgan fingerprint density at radius 3 is 2.43 bits per heavy atom. The average Bonchev–Trinajstić information content (AvgIpc) is 3.04. The van der Waals surface area contributed by atoms with E-state index in [-0.39, 0.29) is 4.90 Å². The van der Waals surface area contributed by atoms with Crippen LogP contribution in [0.1, 0.15) is 37.7 Å². The van der Waals surface area contributed by atoms with Gasteiger partial charge in [-0.1, -0.05) is 24.1 Å². The van der Waals surface area contributed by atoms with E-state index >= 15 is 0 Å². The van der Waals surface area contributed by atoms with Crippen LogP contribution in [0.3, 0.4) is 0 Å². The van der Waals surface area contributed by atoms with Gasteiger partial charge in [0, 0.05) is 12.8 Å². The lowest BCUT2D eigenvalue weighted by atomic mass is 9.94. The first-order chi connectivity index (χ1) is 13.3. The quantitative estimate of drug-likeness (QED) is 0.584. The number of cyclic esters (lactones) is 1. The molecule has 0 unspecified atom stereocenters. The predicted octanol–water partition coefficient (Wildman–Crippen LogP) is 1.43. The van der Waals surface area contributed by atoms with Crippen LogP contribution in [-0.4, -0.2) is 56.3 Å². The van der Waals surface area contributed by atoms with E-state index in [9.17, 15) is 18.3 Å². The van der Waals surface area contributed by atoms with Crippen LogP contribution in [0.15, 0.2) is 29.2 Å². The number of fused-ring (bicyclic) bond motifs is 1. The van der Waals surface area contributed by atoms with E-state index in [1.54, 1.807) is 12.1 Å². The van der Waals surface area contributed by atoms with Crippen LogP contribution in [0.5, 0.6) is 0 Å². The first-order valence-corrected chi connectivity index (χ1v) is 10.9. The summed E-state index contributed by atoms with van der Waals surface area (Å²) in [6.07, 6.45) is 0.128. The van der Waals surface area contributed by atoms with Gasteiger partial charge in [-0.3, -0.25) is 4.18 Å². The molecule has 0 radical (unpaired) electrons. The highest BCUT2D eigenvalue weighted by molar-refractivity contribution is 7.86. The molecule has 1 saturated carbocycles. The third-order valence-electron chi connectivity index (χ3n) is 5.52. The fourth-order valence-electron chi connectivity index (χ4n) is 3.99. The Morgan fingerprint density at radius 1 is 1.11 bits per heavy atom. The van der Waals surface area contributed by atoms with E-state index in [2.05, 4.69) is 0 Å². The van der Waals surface area contributed by atoms with Gasteiger partial charge in [0.15, 0.2) is 18.0 Å². The summed E-state index contributed by atoms with van der Waals surface area (Å²) in [7, 11) is -4.02. The molecule has 0 bridgehead atoms. The zero-order valence-electron chi connectivity index (χ0n) is 15.6. The van der Waals surface area contributed by atoms with Crippen LogP contribution in [0.4, 0.5) is 0 Å². The minimum absolute atomic E-state index is 0.0177. The van der Waals surface area contributed by atoms with Crippen molar-refractivity contribution in [3.05, 3.63) is 29.8 Å². The molecular weight excluding hydrogens is 388 g/mol. The van der Waals surface area contributed by atoms with Crippen molar-refractivity contribution in [3.63, 3.8) is 0 Å². The summed E-state index contributed by atoms with van der Waals surface area (Å²) < 4.78 is 47.3.